The Kier molecular flexibility index (Phi) is 2.95. The van der Waals surface area contributed by atoms with Gasteiger partial charge in [0.2, 0.25) is 0 Å². The molecule has 16 heavy (non-hydrogen) atoms. The second-order valence-electron chi connectivity index (χ2n) is 3.86. The minimum Gasteiger partial charge on any atom is -0.496 e. The van der Waals surface area contributed by atoms with Crippen LogP contribution in [-0.2, 0) is 18.3 Å². The third kappa shape index (κ3) is 1.81. The van der Waals surface area contributed by atoms with Crippen molar-refractivity contribution >= 4 is 17.2 Å². The second-order valence-corrected chi connectivity index (χ2v) is 3.86. The molecule has 84 valence electrons. The lowest BCUT2D eigenvalue weighted by Crippen LogP contribution is -1.92. The number of methoxy groups -OCH3 is 1. The largest absolute Gasteiger partial charge is 0.496 e. The van der Waals surface area contributed by atoms with E-state index in [4.69, 9.17) is 4.74 Å². The van der Waals surface area contributed by atoms with Crippen molar-refractivity contribution in [2.45, 2.75) is 12.8 Å². The average Bonchev–Trinajstić information content (AvgIpc) is 2.68. The summed E-state index contributed by atoms with van der Waals surface area (Å²) in [6.07, 6.45) is 4.28. The molecule has 0 aliphatic heterocycles. The zero-order chi connectivity index (χ0) is 11.5. The van der Waals surface area contributed by atoms with E-state index in [1.165, 1.54) is 0 Å². The van der Waals surface area contributed by atoms with Gasteiger partial charge in [0.15, 0.2) is 0 Å². The molecule has 1 aromatic carbocycles. The van der Waals surface area contributed by atoms with Crippen molar-refractivity contribution in [3.63, 3.8) is 0 Å². The van der Waals surface area contributed by atoms with Crippen molar-refractivity contribution < 1.29 is 9.53 Å². The van der Waals surface area contributed by atoms with Gasteiger partial charge in [-0.15, -0.1) is 0 Å². The fourth-order valence-corrected chi connectivity index (χ4v) is 1.93. The summed E-state index contributed by atoms with van der Waals surface area (Å²) in [6, 6.07) is 6.16. The molecule has 0 spiro atoms. The quantitative estimate of drug-likeness (QED) is 0.736. The molecular weight excluding hydrogens is 202 g/mol. The molecule has 3 heteroatoms. The maximum absolute atomic E-state index is 10.4. The standard InChI is InChI=1S/C13H15NO2/c1-14-6-5-11-12(14)8-10(4-3-7-15)9-13(11)16-2/h5-9H,3-4H2,1-2H3. The van der Waals surface area contributed by atoms with Gasteiger partial charge in [0, 0.05) is 25.1 Å². The number of hydrogen-bond acceptors (Lipinski definition) is 2. The minimum atomic E-state index is 0.555. The molecular formula is C13H15NO2. The molecule has 2 rings (SSSR count). The van der Waals surface area contributed by atoms with E-state index >= 15 is 0 Å². The Morgan fingerprint density at radius 3 is 2.94 bits per heavy atom. The Morgan fingerprint density at radius 1 is 1.44 bits per heavy atom. The van der Waals surface area contributed by atoms with E-state index < -0.39 is 0 Å². The molecule has 0 saturated heterocycles. The summed E-state index contributed by atoms with van der Waals surface area (Å²) >= 11 is 0. The predicted molar refractivity (Wildman–Crippen MR) is 63.9 cm³/mol. The first-order valence-corrected chi connectivity index (χ1v) is 5.32. The lowest BCUT2D eigenvalue weighted by atomic mass is 10.1. The number of rotatable bonds is 4. The van der Waals surface area contributed by atoms with Crippen LogP contribution in [0.4, 0.5) is 0 Å². The zero-order valence-electron chi connectivity index (χ0n) is 9.56. The molecule has 0 radical (unpaired) electrons. The Labute approximate surface area is 94.6 Å². The average molecular weight is 217 g/mol. The first kappa shape index (κ1) is 10.7. The van der Waals surface area contributed by atoms with Crippen LogP contribution in [-0.4, -0.2) is 18.0 Å². The monoisotopic (exact) mass is 217 g/mol. The fraction of sp³-hybridized carbons (Fsp3) is 0.308. The van der Waals surface area contributed by atoms with E-state index in [2.05, 4.69) is 10.6 Å². The molecule has 0 N–H and O–H groups in total. The number of nitrogens with zero attached hydrogens (tertiary/aromatic N) is 1. The molecule has 0 fully saturated rings. The Balaban J connectivity index is 2.52. The summed E-state index contributed by atoms with van der Waals surface area (Å²) in [6.45, 7) is 0. The third-order valence-corrected chi connectivity index (χ3v) is 2.80. The van der Waals surface area contributed by atoms with Crippen LogP contribution in [0.1, 0.15) is 12.0 Å². The summed E-state index contributed by atoms with van der Waals surface area (Å²) in [4.78, 5) is 10.4. The summed E-state index contributed by atoms with van der Waals surface area (Å²) in [5.74, 6) is 0.874. The molecule has 1 aromatic heterocycles. The van der Waals surface area contributed by atoms with Crippen molar-refractivity contribution in [3.05, 3.63) is 30.0 Å². The van der Waals surface area contributed by atoms with Gasteiger partial charge >= 0.3 is 0 Å². The molecule has 0 aliphatic rings. The maximum Gasteiger partial charge on any atom is 0.128 e. The maximum atomic E-state index is 10.4. The first-order valence-electron chi connectivity index (χ1n) is 5.32. The van der Waals surface area contributed by atoms with Crippen LogP contribution in [0.5, 0.6) is 5.75 Å². The van der Waals surface area contributed by atoms with Crippen LogP contribution in [0, 0.1) is 0 Å². The van der Waals surface area contributed by atoms with Gasteiger partial charge in [-0.1, -0.05) is 0 Å². The van der Waals surface area contributed by atoms with Gasteiger partial charge in [0.1, 0.15) is 12.0 Å². The van der Waals surface area contributed by atoms with Crippen molar-refractivity contribution in [2.24, 2.45) is 7.05 Å². The number of hydrogen-bond donors (Lipinski definition) is 0. The van der Waals surface area contributed by atoms with Crippen molar-refractivity contribution in [2.75, 3.05) is 7.11 Å². The van der Waals surface area contributed by atoms with Gasteiger partial charge in [-0.3, -0.25) is 0 Å². The van der Waals surface area contributed by atoms with Gasteiger partial charge in [-0.2, -0.15) is 0 Å². The molecule has 0 amide bonds. The van der Waals surface area contributed by atoms with Crippen molar-refractivity contribution in [1.29, 1.82) is 0 Å². The molecule has 0 saturated carbocycles. The highest BCUT2D eigenvalue weighted by atomic mass is 16.5. The van der Waals surface area contributed by atoms with E-state index in [-0.39, 0.29) is 0 Å². The third-order valence-electron chi connectivity index (χ3n) is 2.80. The smallest absolute Gasteiger partial charge is 0.128 e. The fourth-order valence-electron chi connectivity index (χ4n) is 1.93. The number of ether oxygens (including phenoxy) is 1. The Hall–Kier alpha value is -1.77. The summed E-state index contributed by atoms with van der Waals surface area (Å²) in [7, 11) is 3.68. The van der Waals surface area contributed by atoms with Crippen LogP contribution in [0.25, 0.3) is 10.9 Å². The highest BCUT2D eigenvalue weighted by Crippen LogP contribution is 2.28. The number of carbonyl (C=O) groups is 1. The zero-order valence-corrected chi connectivity index (χ0v) is 9.56. The lowest BCUT2D eigenvalue weighted by molar-refractivity contribution is -0.107. The van der Waals surface area contributed by atoms with Gasteiger partial charge in [-0.25, -0.2) is 0 Å². The van der Waals surface area contributed by atoms with Crippen LogP contribution in [0.3, 0.4) is 0 Å². The number of benzene rings is 1. The number of aryl methyl sites for hydroxylation is 2. The van der Waals surface area contributed by atoms with E-state index in [1.807, 2.05) is 25.4 Å². The van der Waals surface area contributed by atoms with E-state index in [9.17, 15) is 4.79 Å². The molecule has 3 nitrogen and oxygen atoms in total. The molecule has 2 aromatic rings. The second kappa shape index (κ2) is 4.39. The SMILES string of the molecule is COc1cc(CCC=O)cc2c1ccn2C. The van der Waals surface area contributed by atoms with E-state index in [1.54, 1.807) is 7.11 Å². The van der Waals surface area contributed by atoms with E-state index in [0.29, 0.717) is 6.42 Å². The number of aromatic nitrogens is 1. The molecule has 0 atom stereocenters. The van der Waals surface area contributed by atoms with Crippen LogP contribution in [0.2, 0.25) is 0 Å². The van der Waals surface area contributed by atoms with Crippen LogP contribution >= 0.6 is 0 Å². The van der Waals surface area contributed by atoms with Crippen LogP contribution in [0.15, 0.2) is 24.4 Å². The Morgan fingerprint density at radius 2 is 2.25 bits per heavy atom. The predicted octanol–water partition coefficient (Wildman–Crippen LogP) is 2.32. The normalized spacial score (nSPS) is 10.6. The summed E-state index contributed by atoms with van der Waals surface area (Å²) in [5.41, 5.74) is 2.28. The first-order chi connectivity index (χ1) is 7.76. The molecule has 0 unspecified atom stereocenters. The van der Waals surface area contributed by atoms with Gasteiger partial charge in [0.05, 0.1) is 12.6 Å². The summed E-state index contributed by atoms with van der Waals surface area (Å²) in [5, 5.41) is 1.11. The number of aldehydes is 1. The van der Waals surface area contributed by atoms with Gasteiger partial charge in [0.25, 0.3) is 0 Å². The molecule has 0 aliphatic carbocycles. The van der Waals surface area contributed by atoms with Crippen molar-refractivity contribution in [1.82, 2.24) is 4.57 Å². The number of fused-ring (bicyclic) bond motifs is 1. The van der Waals surface area contributed by atoms with Gasteiger partial charge in [-0.05, 0) is 30.2 Å². The highest BCUT2D eigenvalue weighted by Gasteiger charge is 2.07. The summed E-state index contributed by atoms with van der Waals surface area (Å²) < 4.78 is 7.42. The Bertz CT molecular complexity index is 514. The highest BCUT2D eigenvalue weighted by molar-refractivity contribution is 5.87. The molecule has 1 heterocycles. The van der Waals surface area contributed by atoms with Crippen LogP contribution < -0.4 is 4.74 Å². The topological polar surface area (TPSA) is 31.2 Å². The van der Waals surface area contributed by atoms with Gasteiger partial charge < -0.3 is 14.1 Å². The lowest BCUT2D eigenvalue weighted by Gasteiger charge is -2.06. The number of carbonyl (C=O) groups excluding carboxylic acids is 1. The van der Waals surface area contributed by atoms with E-state index in [0.717, 1.165) is 34.9 Å². The van der Waals surface area contributed by atoms with Crippen molar-refractivity contribution in [3.8, 4) is 5.75 Å². The minimum absolute atomic E-state index is 0.555. The molecule has 0 bridgehead atoms.